The molecule has 2 aliphatic heterocycles. The number of aliphatic carboxylic acids is 1. The van der Waals surface area contributed by atoms with Crippen LogP contribution in [0.4, 0.5) is 4.79 Å². The lowest BCUT2D eigenvalue weighted by molar-refractivity contribution is -0.145. The van der Waals surface area contributed by atoms with Gasteiger partial charge in [0.05, 0.1) is 26.2 Å². The summed E-state index contributed by atoms with van der Waals surface area (Å²) in [6.07, 6.45) is 6.12. The number of thiophene rings is 1. The van der Waals surface area contributed by atoms with E-state index in [1.165, 1.54) is 16.2 Å². The van der Waals surface area contributed by atoms with Crippen molar-refractivity contribution < 1.29 is 33.8 Å². The van der Waals surface area contributed by atoms with E-state index in [0.717, 1.165) is 27.9 Å². The summed E-state index contributed by atoms with van der Waals surface area (Å²) in [5, 5.41) is 15.7. The fraction of sp³-hybridized carbons (Fsp3) is 0.486. The molecule has 3 amide bonds. The third-order valence-electron chi connectivity index (χ3n) is 8.94. The van der Waals surface area contributed by atoms with E-state index < -0.39 is 53.2 Å². The number of benzene rings is 1. The van der Waals surface area contributed by atoms with Gasteiger partial charge in [0.25, 0.3) is 0 Å². The Labute approximate surface area is 296 Å². The molecule has 1 aromatic carbocycles. The predicted octanol–water partition coefficient (Wildman–Crippen LogP) is 5.84. The van der Waals surface area contributed by atoms with Gasteiger partial charge in [0.15, 0.2) is 0 Å². The monoisotopic (exact) mass is 753 g/mol. The highest BCUT2D eigenvalue weighted by molar-refractivity contribution is 9.11. The average molecular weight is 755 g/mol. The van der Waals surface area contributed by atoms with Crippen LogP contribution < -0.4 is 15.4 Å². The third kappa shape index (κ3) is 7.90. The lowest BCUT2D eigenvalue weighted by atomic mass is 10.0. The summed E-state index contributed by atoms with van der Waals surface area (Å²) >= 11 is 4.99. The molecule has 1 saturated carbocycles. The average Bonchev–Trinajstić information content (AvgIpc) is 3.32. The zero-order valence-corrected chi connectivity index (χ0v) is 30.0. The molecule has 12 nitrogen and oxygen atoms in total. The van der Waals surface area contributed by atoms with Crippen LogP contribution in [-0.2, 0) is 19.1 Å². The maximum atomic E-state index is 14.3. The van der Waals surface area contributed by atoms with Crippen molar-refractivity contribution >= 4 is 62.2 Å². The Hall–Kier alpha value is -4.04. The summed E-state index contributed by atoms with van der Waals surface area (Å²) in [6, 6.07) is 9.23. The van der Waals surface area contributed by atoms with E-state index in [4.69, 9.17) is 19.4 Å². The first-order valence-electron chi connectivity index (χ1n) is 16.5. The van der Waals surface area contributed by atoms with E-state index in [-0.39, 0.29) is 31.2 Å². The van der Waals surface area contributed by atoms with Crippen molar-refractivity contribution in [3.8, 4) is 16.5 Å². The van der Waals surface area contributed by atoms with Crippen molar-refractivity contribution in [3.63, 3.8) is 0 Å². The summed E-state index contributed by atoms with van der Waals surface area (Å²) in [7, 11) is 0. The smallest absolute Gasteiger partial charge is 0.408 e. The van der Waals surface area contributed by atoms with Gasteiger partial charge in [-0.1, -0.05) is 37.1 Å². The lowest BCUT2D eigenvalue weighted by Crippen LogP contribution is -2.56. The number of carbonyl (C=O) groups excluding carboxylic acids is 3. The molecule has 5 atom stereocenters. The van der Waals surface area contributed by atoms with Crippen LogP contribution in [0.2, 0.25) is 0 Å². The highest BCUT2D eigenvalue weighted by Gasteiger charge is 2.61. The second-order valence-electron chi connectivity index (χ2n) is 13.8. The summed E-state index contributed by atoms with van der Waals surface area (Å²) < 4.78 is 12.9. The molecule has 14 heteroatoms. The first-order chi connectivity index (χ1) is 23.3. The number of carbonyl (C=O) groups is 4. The number of nitrogens with one attached hydrogen (secondary N) is 2. The topological polar surface area (TPSA) is 160 Å². The summed E-state index contributed by atoms with van der Waals surface area (Å²) in [6.45, 7) is 5.23. The number of para-hydroxylation sites is 2. The molecular formula is C35H40BrN5O7S. The van der Waals surface area contributed by atoms with Gasteiger partial charge >= 0.3 is 12.1 Å². The third-order valence-corrected chi connectivity index (χ3v) is 10.6. The van der Waals surface area contributed by atoms with Crippen molar-refractivity contribution in [3.05, 3.63) is 52.3 Å². The fourth-order valence-electron chi connectivity index (χ4n) is 6.42. The second-order valence-corrected chi connectivity index (χ2v) is 16.3. The van der Waals surface area contributed by atoms with Crippen molar-refractivity contribution in [1.82, 2.24) is 25.5 Å². The van der Waals surface area contributed by atoms with Gasteiger partial charge in [0.2, 0.25) is 17.7 Å². The number of halogens is 1. The Kier molecular flexibility index (Phi) is 9.99. The van der Waals surface area contributed by atoms with Crippen molar-refractivity contribution in [2.45, 2.75) is 95.0 Å². The minimum Gasteiger partial charge on any atom is -0.479 e. The maximum Gasteiger partial charge on any atom is 0.408 e. The standard InChI is InChI=1S/C35H40BrN5O7S/c1-34(2,3)48-33(46)39-24-14-8-6-4-5-7-11-20-18-35(20,32(44)45)40-29(42)25-17-21(19-41(25)31(24)43)47-30-28(26-15-16-27(36)49-26)37-22-12-9-10-13-23(22)38-30/h7,9-13,15-16,20-21,24-25H,4-6,8,14,17-19H2,1-3H3,(H,39,46)(H,40,42)(H,44,45)/b11-7+/t20-,21+,24-,25-,35+/m0/s1. The van der Waals surface area contributed by atoms with Gasteiger partial charge in [-0.2, -0.15) is 0 Å². The van der Waals surface area contributed by atoms with Crippen molar-refractivity contribution in [2.75, 3.05) is 6.54 Å². The normalized spacial score (nSPS) is 26.8. The van der Waals surface area contributed by atoms with Crippen LogP contribution in [0.3, 0.4) is 0 Å². The molecule has 4 heterocycles. The van der Waals surface area contributed by atoms with Gasteiger partial charge in [0.1, 0.15) is 35.0 Å². The highest BCUT2D eigenvalue weighted by atomic mass is 79.9. The lowest BCUT2D eigenvalue weighted by Gasteiger charge is -2.30. The van der Waals surface area contributed by atoms with E-state index in [1.54, 1.807) is 20.8 Å². The van der Waals surface area contributed by atoms with Crippen molar-refractivity contribution in [1.29, 1.82) is 0 Å². The maximum absolute atomic E-state index is 14.3. The number of aromatic nitrogens is 2. The number of ether oxygens (including phenoxy) is 2. The molecule has 0 radical (unpaired) electrons. The summed E-state index contributed by atoms with van der Waals surface area (Å²) in [5.41, 5.74) is -0.394. The predicted molar refractivity (Wildman–Crippen MR) is 187 cm³/mol. The number of hydrogen-bond donors (Lipinski definition) is 3. The van der Waals surface area contributed by atoms with Crippen LogP contribution in [0.1, 0.15) is 65.7 Å². The molecule has 6 rings (SSSR count). The largest absolute Gasteiger partial charge is 0.479 e. The first kappa shape index (κ1) is 34.8. The van der Waals surface area contributed by atoms with E-state index in [0.29, 0.717) is 29.6 Å². The number of hydrogen-bond acceptors (Lipinski definition) is 9. The van der Waals surface area contributed by atoms with Gasteiger partial charge in [0, 0.05) is 12.3 Å². The molecule has 3 N–H and O–H groups in total. The number of carboxylic acid groups (broad SMARTS) is 1. The molecule has 0 bridgehead atoms. The minimum absolute atomic E-state index is 0.00883. The Bertz CT molecular complexity index is 1790. The molecule has 3 aliphatic rings. The number of amides is 3. The molecule has 1 aliphatic carbocycles. The quantitative estimate of drug-likeness (QED) is 0.272. The molecule has 2 fully saturated rings. The minimum atomic E-state index is -1.45. The van der Waals surface area contributed by atoms with E-state index in [1.807, 2.05) is 48.6 Å². The number of fused-ring (bicyclic) bond motifs is 3. The Morgan fingerprint density at radius 1 is 1.10 bits per heavy atom. The Balaban J connectivity index is 1.33. The Morgan fingerprint density at radius 3 is 2.55 bits per heavy atom. The van der Waals surface area contributed by atoms with E-state index >= 15 is 0 Å². The molecule has 260 valence electrons. The van der Waals surface area contributed by atoms with Crippen LogP contribution in [-0.4, -0.2) is 79.7 Å². The number of alkyl carbamates (subject to hydrolysis) is 1. The van der Waals surface area contributed by atoms with Crippen LogP contribution >= 0.6 is 27.3 Å². The molecule has 3 aromatic rings. The number of rotatable bonds is 5. The molecular weight excluding hydrogens is 714 g/mol. The van der Waals surface area contributed by atoms with Crippen LogP contribution in [0.25, 0.3) is 21.6 Å². The van der Waals surface area contributed by atoms with Crippen molar-refractivity contribution in [2.24, 2.45) is 5.92 Å². The number of nitrogens with zero attached hydrogens (tertiary/aromatic N) is 3. The molecule has 1 saturated heterocycles. The summed E-state index contributed by atoms with van der Waals surface area (Å²) in [4.78, 5) is 65.6. The Morgan fingerprint density at radius 2 is 1.86 bits per heavy atom. The van der Waals surface area contributed by atoms with Crippen LogP contribution in [0.5, 0.6) is 5.88 Å². The van der Waals surface area contributed by atoms with Crippen LogP contribution in [0, 0.1) is 5.92 Å². The molecule has 0 spiro atoms. The highest BCUT2D eigenvalue weighted by Crippen LogP contribution is 2.45. The zero-order valence-electron chi connectivity index (χ0n) is 27.6. The zero-order chi connectivity index (χ0) is 34.9. The van der Waals surface area contributed by atoms with Gasteiger partial charge in [-0.3, -0.25) is 9.59 Å². The molecule has 49 heavy (non-hydrogen) atoms. The van der Waals surface area contributed by atoms with E-state index in [2.05, 4.69) is 26.6 Å². The van der Waals surface area contributed by atoms with Gasteiger partial charge in [-0.25, -0.2) is 19.6 Å². The molecule has 0 unspecified atom stereocenters. The van der Waals surface area contributed by atoms with Gasteiger partial charge < -0.3 is 30.1 Å². The first-order valence-corrected chi connectivity index (χ1v) is 18.1. The summed E-state index contributed by atoms with van der Waals surface area (Å²) in [5.74, 6) is -2.26. The SMILES string of the molecule is CC(C)(C)OC(=O)N[C@H]1CCCCC/C=C/[C@H]2C[C@@]2(C(=O)O)NC(=O)[C@@H]2C[C@@H](Oc3nc4ccccc4nc3-c3ccc(Br)s3)CN2C1=O. The number of carboxylic acids is 1. The fourth-order valence-corrected chi connectivity index (χ4v) is 7.79. The van der Waals surface area contributed by atoms with Gasteiger partial charge in [-0.05, 0) is 86.6 Å². The number of allylic oxidation sites excluding steroid dienone is 1. The molecule has 2 aromatic heterocycles. The van der Waals surface area contributed by atoms with E-state index in [9.17, 15) is 24.3 Å². The second kappa shape index (κ2) is 14.1. The van der Waals surface area contributed by atoms with Gasteiger partial charge in [-0.15, -0.1) is 11.3 Å². The van der Waals surface area contributed by atoms with Crippen LogP contribution in [0.15, 0.2) is 52.3 Å².